The van der Waals surface area contributed by atoms with Crippen LogP contribution in [0.25, 0.3) is 12.2 Å². The highest BCUT2D eigenvalue weighted by molar-refractivity contribution is 5.98. The third-order valence-electron chi connectivity index (χ3n) is 4.96. The number of hydrogen-bond acceptors (Lipinski definition) is 8. The normalized spacial score (nSPS) is 11.2. The van der Waals surface area contributed by atoms with Crippen molar-refractivity contribution in [3.05, 3.63) is 59.2 Å². The van der Waals surface area contributed by atoms with Crippen LogP contribution < -0.4 is 18.9 Å². The van der Waals surface area contributed by atoms with E-state index in [2.05, 4.69) is 13.8 Å². The molecule has 0 spiro atoms. The van der Waals surface area contributed by atoms with Crippen molar-refractivity contribution in [2.45, 2.75) is 34.1 Å². The number of carbonyl (C=O) groups is 2. The Morgan fingerprint density at radius 3 is 2.30 bits per heavy atom. The first-order valence-electron chi connectivity index (χ1n) is 12.1. The lowest BCUT2D eigenvalue weighted by Gasteiger charge is -2.12. The molecule has 0 atom stereocenters. The van der Waals surface area contributed by atoms with Crippen LogP contribution in [0.1, 0.15) is 45.2 Å². The zero-order valence-electron chi connectivity index (χ0n) is 21.9. The highest BCUT2D eigenvalue weighted by atomic mass is 16.6. The minimum atomic E-state index is -0.713. The number of ether oxygens (including phenoxy) is 5. The maximum Gasteiger partial charge on any atom is 0.348 e. The molecule has 0 radical (unpaired) electrons. The number of nitriles is 1. The molecule has 0 saturated heterocycles. The van der Waals surface area contributed by atoms with E-state index in [1.807, 2.05) is 12.1 Å². The summed E-state index contributed by atoms with van der Waals surface area (Å²) in [5.74, 6) is 0.926. The van der Waals surface area contributed by atoms with E-state index in [0.29, 0.717) is 41.9 Å². The van der Waals surface area contributed by atoms with Gasteiger partial charge in [-0.3, -0.25) is 0 Å². The number of carbonyl (C=O) groups excluding carboxylic acids is 2. The lowest BCUT2D eigenvalue weighted by Crippen LogP contribution is -2.07. The average Bonchev–Trinajstić information content (AvgIpc) is 2.88. The molecule has 0 saturated carbocycles. The minimum Gasteiger partial charge on any atom is -0.493 e. The Balaban J connectivity index is 2.15. The maximum absolute atomic E-state index is 12.5. The molecule has 0 amide bonds. The van der Waals surface area contributed by atoms with Gasteiger partial charge in [0.05, 0.1) is 26.9 Å². The van der Waals surface area contributed by atoms with Crippen LogP contribution in [0.3, 0.4) is 0 Å². The highest BCUT2D eigenvalue weighted by Crippen LogP contribution is 2.31. The van der Waals surface area contributed by atoms with Crippen LogP contribution in [-0.4, -0.2) is 38.9 Å². The summed E-state index contributed by atoms with van der Waals surface area (Å²) in [4.78, 5) is 24.4. The van der Waals surface area contributed by atoms with E-state index in [4.69, 9.17) is 23.7 Å². The van der Waals surface area contributed by atoms with E-state index in [-0.39, 0.29) is 17.9 Å². The molecule has 0 heterocycles. The molecule has 37 heavy (non-hydrogen) atoms. The number of methoxy groups -OCH3 is 1. The van der Waals surface area contributed by atoms with Crippen LogP contribution in [0, 0.1) is 17.2 Å². The summed E-state index contributed by atoms with van der Waals surface area (Å²) in [6, 6.07) is 11.9. The fraction of sp³-hybridized carbons (Fsp3) is 0.345. The Kier molecular flexibility index (Phi) is 11.7. The molecule has 196 valence electrons. The van der Waals surface area contributed by atoms with Gasteiger partial charge in [-0.2, -0.15) is 5.26 Å². The van der Waals surface area contributed by atoms with E-state index in [9.17, 15) is 14.9 Å². The first-order chi connectivity index (χ1) is 17.8. The quantitative estimate of drug-likeness (QED) is 0.149. The third-order valence-corrected chi connectivity index (χ3v) is 4.96. The molecule has 0 bridgehead atoms. The van der Waals surface area contributed by atoms with Crippen molar-refractivity contribution in [3.8, 4) is 29.1 Å². The molecule has 8 heteroatoms. The van der Waals surface area contributed by atoms with Crippen LogP contribution >= 0.6 is 0 Å². The summed E-state index contributed by atoms with van der Waals surface area (Å²) < 4.78 is 27.2. The van der Waals surface area contributed by atoms with Crippen molar-refractivity contribution in [1.82, 2.24) is 0 Å². The first kappa shape index (κ1) is 29.0. The van der Waals surface area contributed by atoms with Crippen LogP contribution in [0.4, 0.5) is 0 Å². The smallest absolute Gasteiger partial charge is 0.348 e. The summed E-state index contributed by atoms with van der Waals surface area (Å²) >= 11 is 0. The molecule has 2 rings (SSSR count). The van der Waals surface area contributed by atoms with E-state index in [1.54, 1.807) is 51.3 Å². The molecule has 0 fully saturated rings. The summed E-state index contributed by atoms with van der Waals surface area (Å²) in [6.07, 6.45) is 5.23. The zero-order chi connectivity index (χ0) is 27.2. The molecule has 0 aromatic heterocycles. The highest BCUT2D eigenvalue weighted by Gasteiger charge is 2.13. The second kappa shape index (κ2) is 15.0. The lowest BCUT2D eigenvalue weighted by molar-refractivity contribution is -0.138. The fourth-order valence-electron chi connectivity index (χ4n) is 3.10. The van der Waals surface area contributed by atoms with Crippen molar-refractivity contribution in [2.24, 2.45) is 5.92 Å². The van der Waals surface area contributed by atoms with E-state index >= 15 is 0 Å². The Morgan fingerprint density at radius 1 is 0.946 bits per heavy atom. The predicted octanol–water partition coefficient (Wildman–Crippen LogP) is 5.61. The molecular formula is C29H33NO7. The number of esters is 2. The maximum atomic E-state index is 12.5. The van der Waals surface area contributed by atoms with Gasteiger partial charge in [0.25, 0.3) is 0 Å². The number of benzene rings is 2. The van der Waals surface area contributed by atoms with Crippen molar-refractivity contribution in [2.75, 3.05) is 26.9 Å². The van der Waals surface area contributed by atoms with Gasteiger partial charge in [0.2, 0.25) is 0 Å². The monoisotopic (exact) mass is 507 g/mol. The molecule has 0 unspecified atom stereocenters. The molecule has 2 aromatic carbocycles. The topological polar surface area (TPSA) is 104 Å². The van der Waals surface area contributed by atoms with E-state index in [0.717, 1.165) is 12.0 Å². The summed E-state index contributed by atoms with van der Waals surface area (Å²) in [7, 11) is 1.56. The van der Waals surface area contributed by atoms with Crippen LogP contribution in [0.5, 0.6) is 23.0 Å². The summed E-state index contributed by atoms with van der Waals surface area (Å²) in [5.41, 5.74) is 1.11. The standard InChI is InChI=1S/C29H33NO7/c1-6-34-27-18-22(16-23(19-30)29(32)35-7-2)9-12-25(27)37-28(31)13-10-21-8-11-24(26(17-21)33-5)36-15-14-20(3)4/h8-13,16-18,20H,6-7,14-15H2,1-5H3/b13-10+,23-16+. The Morgan fingerprint density at radius 2 is 1.65 bits per heavy atom. The van der Waals surface area contributed by atoms with E-state index in [1.165, 1.54) is 18.2 Å². The van der Waals surface area contributed by atoms with Crippen molar-refractivity contribution in [3.63, 3.8) is 0 Å². The Hall–Kier alpha value is -4.25. The lowest BCUT2D eigenvalue weighted by atomic mass is 10.1. The Bertz CT molecular complexity index is 1180. The van der Waals surface area contributed by atoms with Crippen LogP contribution in [-0.2, 0) is 14.3 Å². The largest absolute Gasteiger partial charge is 0.493 e. The number of hydrogen-bond donors (Lipinski definition) is 0. The molecule has 8 nitrogen and oxygen atoms in total. The number of rotatable bonds is 13. The summed E-state index contributed by atoms with van der Waals surface area (Å²) in [5, 5.41) is 9.25. The molecule has 0 N–H and O–H groups in total. The van der Waals surface area contributed by atoms with Gasteiger partial charge in [0.1, 0.15) is 11.6 Å². The van der Waals surface area contributed by atoms with Gasteiger partial charge in [-0.25, -0.2) is 9.59 Å². The molecule has 0 aliphatic heterocycles. The van der Waals surface area contributed by atoms with Crippen LogP contribution in [0.2, 0.25) is 0 Å². The first-order valence-corrected chi connectivity index (χ1v) is 12.1. The fourth-order valence-corrected chi connectivity index (χ4v) is 3.10. The van der Waals surface area contributed by atoms with Gasteiger partial charge in [-0.1, -0.05) is 26.0 Å². The van der Waals surface area contributed by atoms with Gasteiger partial charge in [0.15, 0.2) is 23.0 Å². The predicted molar refractivity (Wildman–Crippen MR) is 140 cm³/mol. The second-order valence-electron chi connectivity index (χ2n) is 8.23. The SMILES string of the molecule is CCOC(=O)/C(C#N)=C/c1ccc(OC(=O)/C=C/c2ccc(OCCC(C)C)c(OC)c2)c(OCC)c1. The molecule has 0 aliphatic carbocycles. The molecule has 2 aromatic rings. The van der Waals surface area contributed by atoms with Gasteiger partial charge in [0, 0.05) is 6.08 Å². The minimum absolute atomic E-state index is 0.149. The van der Waals surface area contributed by atoms with Gasteiger partial charge >= 0.3 is 11.9 Å². The third kappa shape index (κ3) is 9.37. The second-order valence-corrected chi connectivity index (χ2v) is 8.23. The zero-order valence-corrected chi connectivity index (χ0v) is 21.9. The van der Waals surface area contributed by atoms with Crippen molar-refractivity contribution < 1.29 is 33.3 Å². The van der Waals surface area contributed by atoms with Crippen molar-refractivity contribution in [1.29, 1.82) is 5.26 Å². The van der Waals surface area contributed by atoms with Gasteiger partial charge in [-0.05, 0) is 73.7 Å². The molecule has 0 aliphatic rings. The van der Waals surface area contributed by atoms with Crippen molar-refractivity contribution >= 4 is 24.1 Å². The van der Waals surface area contributed by atoms with Crippen LogP contribution in [0.15, 0.2) is 48.0 Å². The van der Waals surface area contributed by atoms with Gasteiger partial charge in [-0.15, -0.1) is 0 Å². The average molecular weight is 508 g/mol. The molecular weight excluding hydrogens is 474 g/mol. The Labute approximate surface area is 218 Å². The summed E-state index contributed by atoms with van der Waals surface area (Å²) in [6.45, 7) is 8.78. The number of nitrogens with zero attached hydrogens (tertiary/aromatic N) is 1. The van der Waals surface area contributed by atoms with Gasteiger partial charge < -0.3 is 23.7 Å². The van der Waals surface area contributed by atoms with E-state index < -0.39 is 11.9 Å².